The highest BCUT2D eigenvalue weighted by molar-refractivity contribution is 14.1. The molecular weight excluding hydrogens is 619 g/mol. The van der Waals surface area contributed by atoms with E-state index >= 15 is 0 Å². The topological polar surface area (TPSA) is 147 Å². The third-order valence-corrected chi connectivity index (χ3v) is 6.69. The molecule has 39 heavy (non-hydrogen) atoms. The molecule has 198 valence electrons. The molecule has 0 spiro atoms. The molecule has 11 nitrogen and oxygen atoms in total. The van der Waals surface area contributed by atoms with Gasteiger partial charge in [0.25, 0.3) is 11.8 Å². The van der Waals surface area contributed by atoms with Gasteiger partial charge < -0.3 is 19.9 Å². The number of hydrogen-bond donors (Lipinski definition) is 3. The highest BCUT2D eigenvalue weighted by atomic mass is 127. The summed E-state index contributed by atoms with van der Waals surface area (Å²) in [6, 6.07) is 16.9. The molecule has 3 aromatic carbocycles. The van der Waals surface area contributed by atoms with Crippen LogP contribution >= 0.6 is 22.6 Å². The Labute approximate surface area is 235 Å². The van der Waals surface area contributed by atoms with E-state index in [1.807, 2.05) is 18.2 Å². The number of nitrogens with one attached hydrogen (secondary N) is 2. The number of amides is 3. The van der Waals surface area contributed by atoms with Crippen LogP contribution in [0.2, 0.25) is 0 Å². The number of nitrogens with zero attached hydrogens (tertiary/aromatic N) is 2. The quantitative estimate of drug-likeness (QED) is 0.253. The van der Waals surface area contributed by atoms with Gasteiger partial charge in [0, 0.05) is 26.8 Å². The van der Waals surface area contributed by atoms with Gasteiger partial charge in [0.1, 0.15) is 6.54 Å². The number of carbonyl (C=O) groups is 4. The summed E-state index contributed by atoms with van der Waals surface area (Å²) < 4.78 is 11.5. The lowest BCUT2D eigenvalue weighted by Crippen LogP contribution is -2.35. The number of hydrogen-bond acceptors (Lipinski definition) is 7. The van der Waals surface area contributed by atoms with Crippen LogP contribution in [-0.4, -0.2) is 47.8 Å². The van der Waals surface area contributed by atoms with Gasteiger partial charge in [-0.1, -0.05) is 6.07 Å². The second-order valence-electron chi connectivity index (χ2n) is 8.66. The zero-order valence-corrected chi connectivity index (χ0v) is 22.4. The molecule has 0 unspecified atom stereocenters. The first-order valence-corrected chi connectivity index (χ1v) is 12.9. The van der Waals surface area contributed by atoms with Gasteiger partial charge in [0.05, 0.1) is 5.69 Å². The van der Waals surface area contributed by atoms with Crippen molar-refractivity contribution in [2.75, 3.05) is 23.6 Å². The van der Waals surface area contributed by atoms with Crippen molar-refractivity contribution in [3.05, 3.63) is 80.9 Å². The Morgan fingerprint density at radius 1 is 1.00 bits per heavy atom. The molecule has 0 radical (unpaired) electrons. The summed E-state index contributed by atoms with van der Waals surface area (Å²) in [5.41, 5.74) is 4.89. The van der Waals surface area contributed by atoms with Crippen LogP contribution < -0.4 is 25.1 Å². The van der Waals surface area contributed by atoms with Crippen molar-refractivity contribution < 1.29 is 33.8 Å². The lowest BCUT2D eigenvalue weighted by Gasteiger charge is -2.13. The number of ether oxygens (including phenoxy) is 2. The summed E-state index contributed by atoms with van der Waals surface area (Å²) in [5.74, 6) is -1.18. The van der Waals surface area contributed by atoms with E-state index in [4.69, 9.17) is 9.47 Å². The number of rotatable bonds is 8. The number of fused-ring (bicyclic) bond motifs is 2. The molecule has 0 atom stereocenters. The highest BCUT2D eigenvalue weighted by Crippen LogP contribution is 2.33. The predicted octanol–water partition coefficient (Wildman–Crippen LogP) is 3.16. The van der Waals surface area contributed by atoms with E-state index in [-0.39, 0.29) is 30.4 Å². The number of aryl methyl sites for hydroxylation is 1. The molecule has 0 aliphatic carbocycles. The largest absolute Gasteiger partial charge is 0.480 e. The third kappa shape index (κ3) is 5.85. The van der Waals surface area contributed by atoms with Crippen LogP contribution in [0.25, 0.3) is 0 Å². The van der Waals surface area contributed by atoms with Gasteiger partial charge in [-0.2, -0.15) is 5.10 Å². The number of carbonyl (C=O) groups excluding carboxylic acids is 3. The molecule has 12 heteroatoms. The fourth-order valence-electron chi connectivity index (χ4n) is 4.14. The molecule has 0 bridgehead atoms. The number of carboxylic acids is 1. The summed E-state index contributed by atoms with van der Waals surface area (Å²) in [6.07, 6.45) is 0.779. The normalized spacial score (nSPS) is 14.3. The van der Waals surface area contributed by atoms with Crippen LogP contribution in [-0.2, 0) is 20.8 Å². The Hall–Kier alpha value is -4.46. The second-order valence-corrected chi connectivity index (χ2v) is 9.91. The number of carboxylic acid groups (broad SMARTS) is 1. The minimum Gasteiger partial charge on any atom is -0.480 e. The first-order valence-electron chi connectivity index (χ1n) is 11.8. The van der Waals surface area contributed by atoms with Gasteiger partial charge in [-0.3, -0.25) is 24.1 Å². The molecule has 2 aliphatic heterocycles. The Morgan fingerprint density at radius 2 is 1.77 bits per heavy atom. The Bertz CT molecular complexity index is 1520. The van der Waals surface area contributed by atoms with Crippen LogP contribution in [0.1, 0.15) is 27.9 Å². The predicted molar refractivity (Wildman–Crippen MR) is 149 cm³/mol. The van der Waals surface area contributed by atoms with Gasteiger partial charge >= 0.3 is 5.97 Å². The summed E-state index contributed by atoms with van der Waals surface area (Å²) in [6.45, 7) is -0.332. The monoisotopic (exact) mass is 640 g/mol. The lowest BCUT2D eigenvalue weighted by atomic mass is 10.1. The summed E-state index contributed by atoms with van der Waals surface area (Å²) in [5, 5.41) is 16.0. The molecule has 2 aliphatic rings. The summed E-state index contributed by atoms with van der Waals surface area (Å²) in [4.78, 5) is 50.2. The molecule has 0 fully saturated rings. The number of hydrazone groups is 1. The van der Waals surface area contributed by atoms with Crippen LogP contribution in [0.5, 0.6) is 11.5 Å². The first-order chi connectivity index (χ1) is 18.8. The molecule has 0 saturated heterocycles. The molecule has 3 amide bonds. The molecular formula is C27H21IN4O7. The molecule has 0 saturated carbocycles. The van der Waals surface area contributed by atoms with E-state index < -0.39 is 24.3 Å². The molecule has 3 N–H and O–H groups in total. The van der Waals surface area contributed by atoms with Gasteiger partial charge in [0.2, 0.25) is 12.7 Å². The van der Waals surface area contributed by atoms with E-state index in [2.05, 4.69) is 38.4 Å². The molecule has 0 aromatic heterocycles. The SMILES string of the molecule is O=C(O)CN1C(=O)C(=NNC(=O)c2ccc(NC(=O)CCc3ccc4c(c3)OCO4)cc2)c2cc(I)ccc21. The van der Waals surface area contributed by atoms with Crippen molar-refractivity contribution in [2.45, 2.75) is 12.8 Å². The van der Waals surface area contributed by atoms with Gasteiger partial charge in [-0.25, -0.2) is 5.43 Å². The average Bonchev–Trinajstić information content (AvgIpc) is 3.48. The average molecular weight is 640 g/mol. The maximum absolute atomic E-state index is 12.8. The van der Waals surface area contributed by atoms with Gasteiger partial charge in [0.15, 0.2) is 17.2 Å². The molecule has 2 heterocycles. The maximum atomic E-state index is 12.8. The van der Waals surface area contributed by atoms with Crippen molar-refractivity contribution >= 4 is 63.4 Å². The van der Waals surface area contributed by atoms with E-state index in [0.717, 1.165) is 14.0 Å². The number of aliphatic carboxylic acids is 1. The Kier molecular flexibility index (Phi) is 7.45. The van der Waals surface area contributed by atoms with Crippen molar-refractivity contribution in [3.8, 4) is 11.5 Å². The van der Waals surface area contributed by atoms with Crippen molar-refractivity contribution in [2.24, 2.45) is 5.10 Å². The number of benzene rings is 3. The standard InChI is InChI=1S/C27H21IN4O7/c28-17-5-8-20-19(12-17)25(27(37)32(20)13-24(34)35)30-31-26(36)16-3-6-18(7-4-16)29-23(33)10-2-15-1-9-21-22(11-15)39-14-38-21/h1,3-9,11-12H,2,10,13-14H2,(H,29,33)(H,31,36)(H,34,35). The Morgan fingerprint density at radius 3 is 2.54 bits per heavy atom. The second kappa shape index (κ2) is 11.1. The van der Waals surface area contributed by atoms with Crippen molar-refractivity contribution in [1.82, 2.24) is 5.43 Å². The van der Waals surface area contributed by atoms with Gasteiger partial charge in [-0.05, 0) is 89.2 Å². The molecule has 5 rings (SSSR count). The number of halogens is 1. The van der Waals surface area contributed by atoms with Crippen molar-refractivity contribution in [1.29, 1.82) is 0 Å². The van der Waals surface area contributed by atoms with E-state index in [1.165, 1.54) is 12.1 Å². The van der Waals surface area contributed by atoms with E-state index in [9.17, 15) is 24.3 Å². The first kappa shape index (κ1) is 26.2. The van der Waals surface area contributed by atoms with Crippen LogP contribution in [0.15, 0.2) is 65.8 Å². The maximum Gasteiger partial charge on any atom is 0.323 e. The van der Waals surface area contributed by atoms with Crippen molar-refractivity contribution in [3.63, 3.8) is 0 Å². The zero-order valence-electron chi connectivity index (χ0n) is 20.3. The summed E-state index contributed by atoms with van der Waals surface area (Å²) in [7, 11) is 0. The minimum atomic E-state index is -1.17. The Balaban J connectivity index is 1.19. The van der Waals surface area contributed by atoms with E-state index in [1.54, 1.807) is 30.3 Å². The van der Waals surface area contributed by atoms with Crippen LogP contribution in [0, 0.1) is 3.57 Å². The minimum absolute atomic E-state index is 0.0514. The van der Waals surface area contributed by atoms with E-state index in [0.29, 0.717) is 34.9 Å². The fraction of sp³-hybridized carbons (Fsp3) is 0.148. The lowest BCUT2D eigenvalue weighted by molar-refractivity contribution is -0.136. The third-order valence-electron chi connectivity index (χ3n) is 6.02. The number of anilines is 2. The highest BCUT2D eigenvalue weighted by Gasteiger charge is 2.35. The fourth-order valence-corrected chi connectivity index (χ4v) is 4.63. The smallest absolute Gasteiger partial charge is 0.323 e. The van der Waals surface area contributed by atoms with Gasteiger partial charge in [-0.15, -0.1) is 0 Å². The summed E-state index contributed by atoms with van der Waals surface area (Å²) >= 11 is 2.07. The zero-order chi connectivity index (χ0) is 27.5. The van der Waals surface area contributed by atoms with Crippen LogP contribution in [0.3, 0.4) is 0 Å². The van der Waals surface area contributed by atoms with Crippen LogP contribution in [0.4, 0.5) is 11.4 Å². The molecule has 3 aromatic rings.